The summed E-state index contributed by atoms with van der Waals surface area (Å²) in [5.41, 5.74) is 1.68. The third-order valence-electron chi connectivity index (χ3n) is 2.74. The van der Waals surface area contributed by atoms with Crippen molar-refractivity contribution in [3.8, 4) is 5.69 Å². The van der Waals surface area contributed by atoms with E-state index in [1.807, 2.05) is 13.0 Å². The third kappa shape index (κ3) is 2.12. The Morgan fingerprint density at radius 2 is 2.11 bits per heavy atom. The summed E-state index contributed by atoms with van der Waals surface area (Å²) >= 11 is 0. The number of carbonyl (C=O) groups excluding carboxylic acids is 1. The first-order chi connectivity index (χ1) is 8.65. The molecule has 0 bridgehead atoms. The lowest BCUT2D eigenvalue weighted by Crippen LogP contribution is -2.23. The van der Waals surface area contributed by atoms with E-state index in [4.69, 9.17) is 0 Å². The molecule has 2 N–H and O–H groups in total. The maximum absolute atomic E-state index is 12.0. The fourth-order valence-corrected chi connectivity index (χ4v) is 1.92. The van der Waals surface area contributed by atoms with Gasteiger partial charge in [-0.25, -0.2) is 4.79 Å². The van der Waals surface area contributed by atoms with Crippen LogP contribution >= 0.6 is 0 Å². The van der Waals surface area contributed by atoms with Crippen LogP contribution in [0, 0.1) is 6.92 Å². The number of hydrogen-bond donors (Lipinski definition) is 2. The van der Waals surface area contributed by atoms with Crippen LogP contribution in [-0.4, -0.2) is 28.9 Å². The van der Waals surface area contributed by atoms with Crippen molar-refractivity contribution in [2.75, 3.05) is 13.6 Å². The molecule has 0 unspecified atom stereocenters. The number of carbonyl (C=O) groups is 1. The van der Waals surface area contributed by atoms with Gasteiger partial charge in [-0.2, -0.15) is 0 Å². The first-order valence-electron chi connectivity index (χ1n) is 5.69. The van der Waals surface area contributed by atoms with Crippen molar-refractivity contribution in [1.82, 2.24) is 14.9 Å². The normalized spacial score (nSPS) is 10.6. The largest absolute Gasteiger partial charge is 0.330 e. The molecule has 0 radical (unpaired) electrons. The number of rotatable bonds is 4. The van der Waals surface area contributed by atoms with Crippen molar-refractivity contribution in [2.24, 2.45) is 0 Å². The number of Topliss-reactive ketones (excluding diaryl/α,β-unsaturated/α-hetero) is 1. The second-order valence-corrected chi connectivity index (χ2v) is 4.04. The predicted octanol–water partition coefficient (Wildman–Crippen LogP) is 0.876. The van der Waals surface area contributed by atoms with Crippen LogP contribution < -0.4 is 11.0 Å². The summed E-state index contributed by atoms with van der Waals surface area (Å²) in [7, 11) is 1.72. The average Bonchev–Trinajstić information content (AvgIpc) is 2.69. The molecule has 2 rings (SSSR count). The molecule has 0 atom stereocenters. The van der Waals surface area contributed by atoms with E-state index in [1.165, 1.54) is 4.57 Å². The van der Waals surface area contributed by atoms with Crippen molar-refractivity contribution in [2.45, 2.75) is 6.92 Å². The van der Waals surface area contributed by atoms with Crippen LogP contribution in [0.4, 0.5) is 0 Å². The van der Waals surface area contributed by atoms with Crippen LogP contribution in [-0.2, 0) is 0 Å². The second-order valence-electron chi connectivity index (χ2n) is 4.04. The standard InChI is InChI=1S/C13H15N3O2/c1-9-7-15-13(18)16(9)11-6-4-3-5-10(11)12(17)8-14-2/h3-7,14H,8H2,1-2H3,(H,15,18). The zero-order valence-electron chi connectivity index (χ0n) is 10.4. The molecular weight excluding hydrogens is 230 g/mol. The van der Waals surface area contributed by atoms with Gasteiger partial charge >= 0.3 is 5.69 Å². The average molecular weight is 245 g/mol. The van der Waals surface area contributed by atoms with E-state index in [1.54, 1.807) is 31.4 Å². The topological polar surface area (TPSA) is 66.9 Å². The highest BCUT2D eigenvalue weighted by Crippen LogP contribution is 2.14. The van der Waals surface area contributed by atoms with Gasteiger partial charge in [0.1, 0.15) is 0 Å². The molecule has 0 aliphatic carbocycles. The molecule has 0 aliphatic heterocycles. The number of ketones is 1. The maximum atomic E-state index is 12.0. The highest BCUT2D eigenvalue weighted by atomic mass is 16.1. The Morgan fingerprint density at radius 1 is 1.39 bits per heavy atom. The van der Waals surface area contributed by atoms with Gasteiger partial charge in [0.25, 0.3) is 0 Å². The minimum absolute atomic E-state index is 0.0411. The molecule has 1 aromatic carbocycles. The van der Waals surface area contributed by atoms with E-state index in [-0.39, 0.29) is 18.0 Å². The summed E-state index contributed by atoms with van der Waals surface area (Å²) < 4.78 is 1.50. The fourth-order valence-electron chi connectivity index (χ4n) is 1.92. The van der Waals surface area contributed by atoms with E-state index >= 15 is 0 Å². The van der Waals surface area contributed by atoms with E-state index in [0.717, 1.165) is 5.69 Å². The first-order valence-corrected chi connectivity index (χ1v) is 5.69. The highest BCUT2D eigenvalue weighted by molar-refractivity contribution is 6.00. The first kappa shape index (κ1) is 12.3. The molecule has 1 aromatic heterocycles. The zero-order valence-corrected chi connectivity index (χ0v) is 10.4. The Kier molecular flexibility index (Phi) is 3.43. The number of aryl methyl sites for hydroxylation is 1. The van der Waals surface area contributed by atoms with Crippen molar-refractivity contribution in [3.63, 3.8) is 0 Å². The summed E-state index contributed by atoms with van der Waals surface area (Å²) in [5, 5.41) is 2.82. The van der Waals surface area contributed by atoms with Gasteiger partial charge in [0.15, 0.2) is 5.78 Å². The minimum Gasteiger partial charge on any atom is -0.313 e. The van der Waals surface area contributed by atoms with Crippen LogP contribution in [0.3, 0.4) is 0 Å². The molecule has 2 aromatic rings. The van der Waals surface area contributed by atoms with E-state index in [9.17, 15) is 9.59 Å². The monoisotopic (exact) mass is 245 g/mol. The number of hydrogen-bond acceptors (Lipinski definition) is 3. The predicted molar refractivity (Wildman–Crippen MR) is 69.4 cm³/mol. The van der Waals surface area contributed by atoms with E-state index in [2.05, 4.69) is 10.3 Å². The second kappa shape index (κ2) is 5.01. The molecule has 0 amide bonds. The van der Waals surface area contributed by atoms with Gasteiger partial charge in [-0.05, 0) is 26.1 Å². The lowest BCUT2D eigenvalue weighted by atomic mass is 10.1. The van der Waals surface area contributed by atoms with Gasteiger partial charge in [-0.1, -0.05) is 12.1 Å². The van der Waals surface area contributed by atoms with Crippen LogP contribution in [0.5, 0.6) is 0 Å². The quantitative estimate of drug-likeness (QED) is 0.786. The van der Waals surface area contributed by atoms with Crippen LogP contribution in [0.25, 0.3) is 5.69 Å². The number of para-hydroxylation sites is 1. The Morgan fingerprint density at radius 3 is 2.72 bits per heavy atom. The molecular formula is C13H15N3O2. The zero-order chi connectivity index (χ0) is 13.1. The van der Waals surface area contributed by atoms with Crippen molar-refractivity contribution < 1.29 is 4.79 Å². The Balaban J connectivity index is 2.59. The molecule has 0 saturated carbocycles. The summed E-state index contributed by atoms with van der Waals surface area (Å²) in [4.78, 5) is 26.4. The number of aromatic amines is 1. The van der Waals surface area contributed by atoms with Crippen molar-refractivity contribution in [3.05, 3.63) is 52.2 Å². The lowest BCUT2D eigenvalue weighted by Gasteiger charge is -2.10. The minimum atomic E-state index is -0.239. The number of imidazole rings is 1. The third-order valence-corrected chi connectivity index (χ3v) is 2.74. The number of nitrogens with zero attached hydrogens (tertiary/aromatic N) is 1. The Bertz CT molecular complexity index is 625. The molecule has 5 nitrogen and oxygen atoms in total. The Labute approximate surface area is 104 Å². The highest BCUT2D eigenvalue weighted by Gasteiger charge is 2.14. The molecule has 0 fully saturated rings. The van der Waals surface area contributed by atoms with Gasteiger partial charge in [0, 0.05) is 17.5 Å². The van der Waals surface area contributed by atoms with Gasteiger partial charge in [-0.15, -0.1) is 0 Å². The summed E-state index contributed by atoms with van der Waals surface area (Å²) in [6.07, 6.45) is 1.63. The summed E-state index contributed by atoms with van der Waals surface area (Å²) in [6.45, 7) is 2.06. The Hall–Kier alpha value is -2.14. The molecule has 1 heterocycles. The number of nitrogens with one attached hydrogen (secondary N) is 2. The number of aromatic nitrogens is 2. The number of H-pyrrole nitrogens is 1. The van der Waals surface area contributed by atoms with Gasteiger partial charge in [-0.3, -0.25) is 9.36 Å². The summed E-state index contributed by atoms with van der Waals surface area (Å²) in [5.74, 6) is -0.0411. The van der Waals surface area contributed by atoms with E-state index < -0.39 is 0 Å². The van der Waals surface area contributed by atoms with Gasteiger partial charge in [0.05, 0.1) is 12.2 Å². The molecule has 0 saturated heterocycles. The van der Waals surface area contributed by atoms with Crippen LogP contribution in [0.2, 0.25) is 0 Å². The van der Waals surface area contributed by atoms with Crippen molar-refractivity contribution in [1.29, 1.82) is 0 Å². The molecule has 0 spiro atoms. The van der Waals surface area contributed by atoms with Gasteiger partial charge < -0.3 is 10.3 Å². The number of benzene rings is 1. The molecule has 0 aliphatic rings. The SMILES string of the molecule is CNCC(=O)c1ccccc1-n1c(C)c[nH]c1=O. The number of likely N-dealkylation sites (N-methyl/N-ethyl adjacent to an activating group) is 1. The van der Waals surface area contributed by atoms with Crippen LogP contribution in [0.1, 0.15) is 16.1 Å². The van der Waals surface area contributed by atoms with E-state index in [0.29, 0.717) is 11.3 Å². The molecule has 94 valence electrons. The van der Waals surface area contributed by atoms with Crippen molar-refractivity contribution >= 4 is 5.78 Å². The lowest BCUT2D eigenvalue weighted by molar-refractivity contribution is 0.0993. The summed E-state index contributed by atoms with van der Waals surface area (Å²) in [6, 6.07) is 7.10. The fraction of sp³-hybridized carbons (Fsp3) is 0.231. The molecule has 5 heteroatoms. The maximum Gasteiger partial charge on any atom is 0.330 e. The van der Waals surface area contributed by atoms with Crippen LogP contribution in [0.15, 0.2) is 35.3 Å². The molecule has 18 heavy (non-hydrogen) atoms. The smallest absolute Gasteiger partial charge is 0.313 e. The van der Waals surface area contributed by atoms with Gasteiger partial charge in [0.2, 0.25) is 0 Å².